The summed E-state index contributed by atoms with van der Waals surface area (Å²) in [4.78, 5) is 39.8. The van der Waals surface area contributed by atoms with E-state index >= 15 is 0 Å². The van der Waals surface area contributed by atoms with Gasteiger partial charge in [0.25, 0.3) is 0 Å². The first-order valence-corrected chi connectivity index (χ1v) is 9.97. The average Bonchev–Trinajstić information content (AvgIpc) is 3.25. The number of carbonyl (C=O) groups excluding carboxylic acids is 3. The van der Waals surface area contributed by atoms with Gasteiger partial charge < -0.3 is 15.4 Å². The Hall–Kier alpha value is -2.38. The number of benzene rings is 1. The van der Waals surface area contributed by atoms with Crippen molar-refractivity contribution < 1.29 is 19.1 Å². The van der Waals surface area contributed by atoms with Gasteiger partial charge in [-0.15, -0.1) is 0 Å². The predicted octanol–water partition coefficient (Wildman–Crippen LogP) is 2.56. The van der Waals surface area contributed by atoms with Gasteiger partial charge in [0.2, 0.25) is 11.8 Å². The Morgan fingerprint density at radius 1 is 1.28 bits per heavy atom. The van der Waals surface area contributed by atoms with Crippen LogP contribution in [-0.4, -0.2) is 41.6 Å². The molecule has 7 nitrogen and oxygen atoms in total. The first-order valence-electron chi connectivity index (χ1n) is 9.60. The summed E-state index contributed by atoms with van der Waals surface area (Å²) in [5, 5.41) is 6.10. The number of aryl methyl sites for hydroxylation is 1. The maximum absolute atomic E-state index is 13.3. The molecule has 0 spiro atoms. The molecule has 2 N–H and O–H groups in total. The smallest absolute Gasteiger partial charge is 0.315 e. The van der Waals surface area contributed by atoms with E-state index in [0.29, 0.717) is 10.7 Å². The first kappa shape index (κ1) is 19.9. The number of urea groups is 1. The lowest BCUT2D eigenvalue weighted by Crippen LogP contribution is -2.53. The number of anilines is 1. The molecule has 0 aromatic heterocycles. The third-order valence-corrected chi connectivity index (χ3v) is 5.99. The van der Waals surface area contributed by atoms with Crippen molar-refractivity contribution in [3.05, 3.63) is 40.9 Å². The summed E-state index contributed by atoms with van der Waals surface area (Å²) in [5.74, 6) is -1.90. The van der Waals surface area contributed by atoms with Crippen LogP contribution >= 0.6 is 11.6 Å². The van der Waals surface area contributed by atoms with E-state index in [-0.39, 0.29) is 24.4 Å². The number of imide groups is 1. The number of fused-ring (bicyclic) bond motifs is 5. The van der Waals surface area contributed by atoms with Gasteiger partial charge in [0.05, 0.1) is 30.2 Å². The quantitative estimate of drug-likeness (QED) is 0.584. The van der Waals surface area contributed by atoms with Crippen LogP contribution in [-0.2, 0) is 14.3 Å². The zero-order valence-electron chi connectivity index (χ0n) is 16.8. The van der Waals surface area contributed by atoms with Crippen LogP contribution in [0.1, 0.15) is 26.3 Å². The second-order valence-electron chi connectivity index (χ2n) is 8.90. The van der Waals surface area contributed by atoms with Crippen molar-refractivity contribution in [3.63, 3.8) is 0 Å². The number of rotatable bonds is 3. The summed E-state index contributed by atoms with van der Waals surface area (Å²) in [7, 11) is 0. The van der Waals surface area contributed by atoms with Crippen molar-refractivity contribution in [2.45, 2.75) is 44.9 Å². The summed E-state index contributed by atoms with van der Waals surface area (Å²) < 4.78 is 6.03. The summed E-state index contributed by atoms with van der Waals surface area (Å²) in [6, 6.07) is 4.78. The first-order chi connectivity index (χ1) is 13.5. The molecule has 4 rings (SSSR count). The van der Waals surface area contributed by atoms with E-state index in [4.69, 9.17) is 16.3 Å². The van der Waals surface area contributed by atoms with Crippen molar-refractivity contribution in [2.24, 2.45) is 11.8 Å². The van der Waals surface area contributed by atoms with Crippen molar-refractivity contribution in [3.8, 4) is 0 Å². The van der Waals surface area contributed by atoms with E-state index in [2.05, 4.69) is 10.6 Å². The van der Waals surface area contributed by atoms with Gasteiger partial charge in [-0.1, -0.05) is 29.8 Å². The van der Waals surface area contributed by atoms with Crippen molar-refractivity contribution >= 4 is 35.1 Å². The molecule has 8 heteroatoms. The molecule has 1 aromatic carbocycles. The van der Waals surface area contributed by atoms with Crippen LogP contribution in [0.25, 0.3) is 0 Å². The maximum atomic E-state index is 13.3. The van der Waals surface area contributed by atoms with Crippen molar-refractivity contribution in [1.29, 1.82) is 0 Å². The normalized spacial score (nSPS) is 30.1. The van der Waals surface area contributed by atoms with Crippen LogP contribution in [0.5, 0.6) is 0 Å². The van der Waals surface area contributed by atoms with Crippen molar-refractivity contribution in [1.82, 2.24) is 10.6 Å². The third-order valence-electron chi connectivity index (χ3n) is 5.58. The summed E-state index contributed by atoms with van der Waals surface area (Å²) in [5.41, 5.74) is -0.0981. The fraction of sp³-hybridized carbons (Fsp3) is 0.476. The molecule has 1 aromatic rings. The molecule has 0 unspecified atom stereocenters. The van der Waals surface area contributed by atoms with Crippen LogP contribution in [0.2, 0.25) is 5.02 Å². The number of ether oxygens (including phenoxy) is 1. The van der Waals surface area contributed by atoms with Gasteiger partial charge >= 0.3 is 6.03 Å². The Balaban J connectivity index is 1.58. The standard InChI is InChI=1S/C21H24ClN3O4/c1-11-5-6-12(9-13(11)22)25-17(26)15-14-7-8-21(29-14,16(15)18(25)27)10-23-19(28)24-20(2,3)4/h5-9,14-16H,10H2,1-4H3,(H2,23,24,28)/t14-,15+,16-,21+/m0/s1. The van der Waals surface area contributed by atoms with Crippen LogP contribution in [0.4, 0.5) is 10.5 Å². The van der Waals surface area contributed by atoms with Crippen LogP contribution in [0, 0.1) is 18.8 Å². The average molecular weight is 418 g/mol. The molecule has 2 bridgehead atoms. The number of nitrogens with zero attached hydrogens (tertiary/aromatic N) is 1. The highest BCUT2D eigenvalue weighted by Crippen LogP contribution is 2.52. The number of hydrogen-bond donors (Lipinski definition) is 2. The summed E-state index contributed by atoms with van der Waals surface area (Å²) >= 11 is 6.20. The number of halogens is 1. The fourth-order valence-corrected chi connectivity index (χ4v) is 4.46. The van der Waals surface area contributed by atoms with Gasteiger partial charge in [0.1, 0.15) is 5.60 Å². The van der Waals surface area contributed by atoms with Crippen LogP contribution in [0.15, 0.2) is 30.4 Å². The van der Waals surface area contributed by atoms with E-state index in [1.807, 2.05) is 27.7 Å². The SMILES string of the molecule is Cc1ccc(N2C(=O)[C@@H]3[C@@H]4C=C[C@](CNC(=O)NC(C)(C)C)(O4)[C@@H]3C2=O)cc1Cl. The maximum Gasteiger partial charge on any atom is 0.315 e. The predicted molar refractivity (Wildman–Crippen MR) is 109 cm³/mol. The lowest BCUT2D eigenvalue weighted by atomic mass is 9.77. The molecular weight excluding hydrogens is 394 g/mol. The molecular formula is C21H24ClN3O4. The number of carbonyl (C=O) groups is 3. The molecule has 29 heavy (non-hydrogen) atoms. The molecule has 0 aliphatic carbocycles. The van der Waals surface area contributed by atoms with Gasteiger partial charge in [0, 0.05) is 10.6 Å². The lowest BCUT2D eigenvalue weighted by Gasteiger charge is -2.30. The highest BCUT2D eigenvalue weighted by atomic mass is 35.5. The minimum atomic E-state index is -1.03. The van der Waals surface area contributed by atoms with E-state index < -0.39 is 29.1 Å². The molecule has 3 aliphatic rings. The van der Waals surface area contributed by atoms with Crippen LogP contribution < -0.4 is 15.5 Å². The van der Waals surface area contributed by atoms with Gasteiger partial charge in [-0.3, -0.25) is 9.59 Å². The van der Waals surface area contributed by atoms with Gasteiger partial charge in [-0.05, 0) is 45.4 Å². The molecule has 154 valence electrons. The fourth-order valence-electron chi connectivity index (χ4n) is 4.28. The molecule has 3 heterocycles. The zero-order chi connectivity index (χ0) is 21.1. The summed E-state index contributed by atoms with van der Waals surface area (Å²) in [6.07, 6.45) is 3.13. The Morgan fingerprint density at radius 2 is 2.00 bits per heavy atom. The minimum Gasteiger partial charge on any atom is -0.360 e. The Kier molecular flexibility index (Phi) is 4.51. The van der Waals surface area contributed by atoms with Crippen LogP contribution in [0.3, 0.4) is 0 Å². The monoisotopic (exact) mass is 417 g/mol. The van der Waals surface area contributed by atoms with E-state index in [9.17, 15) is 14.4 Å². The molecule has 2 fully saturated rings. The second-order valence-corrected chi connectivity index (χ2v) is 9.31. The largest absolute Gasteiger partial charge is 0.360 e. The molecule has 3 aliphatic heterocycles. The Morgan fingerprint density at radius 3 is 2.66 bits per heavy atom. The number of amides is 4. The van der Waals surface area contributed by atoms with Crippen molar-refractivity contribution in [2.75, 3.05) is 11.4 Å². The molecule has 0 saturated carbocycles. The lowest BCUT2D eigenvalue weighted by molar-refractivity contribution is -0.126. The number of nitrogens with one attached hydrogen (secondary N) is 2. The van der Waals surface area contributed by atoms with Gasteiger partial charge in [0.15, 0.2) is 0 Å². The molecule has 2 saturated heterocycles. The van der Waals surface area contributed by atoms with Gasteiger partial charge in [-0.25, -0.2) is 9.69 Å². The molecule has 0 radical (unpaired) electrons. The van der Waals surface area contributed by atoms with E-state index in [1.165, 1.54) is 4.90 Å². The minimum absolute atomic E-state index is 0.102. The Labute approximate surface area is 174 Å². The molecule has 4 atom stereocenters. The highest BCUT2D eigenvalue weighted by Gasteiger charge is 2.67. The Bertz CT molecular complexity index is 938. The second kappa shape index (κ2) is 6.57. The summed E-state index contributed by atoms with van der Waals surface area (Å²) in [6.45, 7) is 7.59. The number of hydrogen-bond acceptors (Lipinski definition) is 4. The van der Waals surface area contributed by atoms with E-state index in [0.717, 1.165) is 5.56 Å². The van der Waals surface area contributed by atoms with E-state index in [1.54, 1.807) is 30.4 Å². The third kappa shape index (κ3) is 3.22. The topological polar surface area (TPSA) is 87.7 Å². The van der Waals surface area contributed by atoms with Gasteiger partial charge in [-0.2, -0.15) is 0 Å². The highest BCUT2D eigenvalue weighted by molar-refractivity contribution is 6.32. The molecule has 4 amide bonds. The zero-order valence-corrected chi connectivity index (χ0v) is 17.5.